The van der Waals surface area contributed by atoms with Crippen LogP contribution in [0, 0.1) is 5.82 Å². The molecular weight excluding hydrogens is 465 g/mol. The first-order valence-electron chi connectivity index (χ1n) is 9.60. The van der Waals surface area contributed by atoms with Crippen molar-refractivity contribution in [1.82, 2.24) is 15.1 Å². The highest BCUT2D eigenvalue weighted by Gasteiger charge is 2.18. The van der Waals surface area contributed by atoms with Crippen molar-refractivity contribution in [2.75, 3.05) is 0 Å². The molecule has 3 aromatic rings. The van der Waals surface area contributed by atoms with Crippen LogP contribution in [0.2, 0.25) is 0 Å². The van der Waals surface area contributed by atoms with Crippen molar-refractivity contribution < 1.29 is 9.18 Å². The molecule has 0 spiro atoms. The summed E-state index contributed by atoms with van der Waals surface area (Å²) in [5.74, 6) is -0.510. The Balaban J connectivity index is 0.00000101. The lowest BCUT2D eigenvalue weighted by atomic mass is 10.1. The van der Waals surface area contributed by atoms with Crippen LogP contribution in [0.4, 0.5) is 4.39 Å². The van der Waals surface area contributed by atoms with Gasteiger partial charge in [0.1, 0.15) is 5.82 Å². The highest BCUT2D eigenvalue weighted by molar-refractivity contribution is 9.11. The van der Waals surface area contributed by atoms with Gasteiger partial charge in [0.15, 0.2) is 0 Å². The SMILES string of the molecule is C=Cc1c(/C(=C\C)C(=O)NCc2ccc(Br)s2)cnn1-c1ccc(F)cc1.CCC. The van der Waals surface area contributed by atoms with Crippen molar-refractivity contribution >= 4 is 44.8 Å². The number of amides is 1. The number of carbonyl (C=O) groups is 1. The lowest BCUT2D eigenvalue weighted by molar-refractivity contribution is -0.115. The van der Waals surface area contributed by atoms with Gasteiger partial charge in [0.25, 0.3) is 5.91 Å². The quantitative estimate of drug-likeness (QED) is 0.395. The first-order valence-corrected chi connectivity index (χ1v) is 11.2. The number of nitrogens with one attached hydrogen (secondary N) is 1. The fourth-order valence-electron chi connectivity index (χ4n) is 2.67. The van der Waals surface area contributed by atoms with Crippen molar-refractivity contribution in [3.8, 4) is 5.69 Å². The molecule has 0 aliphatic carbocycles. The Labute approximate surface area is 189 Å². The maximum Gasteiger partial charge on any atom is 0.251 e. The van der Waals surface area contributed by atoms with E-state index in [0.717, 1.165) is 8.66 Å². The molecule has 0 unspecified atom stereocenters. The minimum atomic E-state index is -0.319. The number of allylic oxidation sites excluding steroid dienone is 1. The second kappa shape index (κ2) is 11.6. The van der Waals surface area contributed by atoms with E-state index in [2.05, 4.69) is 46.8 Å². The fourth-order valence-corrected chi connectivity index (χ4v) is 4.09. The molecule has 0 atom stereocenters. The number of rotatable bonds is 6. The molecule has 0 bridgehead atoms. The van der Waals surface area contributed by atoms with Crippen molar-refractivity contribution in [1.29, 1.82) is 0 Å². The summed E-state index contributed by atoms with van der Waals surface area (Å²) in [6, 6.07) is 9.90. The van der Waals surface area contributed by atoms with E-state index in [1.165, 1.54) is 18.6 Å². The number of thiophene rings is 1. The van der Waals surface area contributed by atoms with E-state index in [1.54, 1.807) is 53.4 Å². The summed E-state index contributed by atoms with van der Waals surface area (Å²) in [5.41, 5.74) is 2.54. The van der Waals surface area contributed by atoms with Gasteiger partial charge in [0.05, 0.1) is 27.9 Å². The number of hydrogen-bond acceptors (Lipinski definition) is 3. The van der Waals surface area contributed by atoms with Crippen molar-refractivity contribution in [3.05, 3.63) is 81.0 Å². The number of aromatic nitrogens is 2. The van der Waals surface area contributed by atoms with Gasteiger partial charge in [-0.25, -0.2) is 9.07 Å². The second-order valence-electron chi connectivity index (χ2n) is 6.33. The average Bonchev–Trinajstić information content (AvgIpc) is 3.34. The summed E-state index contributed by atoms with van der Waals surface area (Å²) in [5, 5.41) is 7.29. The lowest BCUT2D eigenvalue weighted by Gasteiger charge is -2.09. The number of benzene rings is 1. The van der Waals surface area contributed by atoms with Crippen LogP contribution >= 0.6 is 27.3 Å². The molecule has 0 fully saturated rings. The van der Waals surface area contributed by atoms with Crippen molar-refractivity contribution in [2.45, 2.75) is 33.7 Å². The molecule has 0 aliphatic heterocycles. The normalized spacial score (nSPS) is 10.9. The molecule has 7 heteroatoms. The van der Waals surface area contributed by atoms with Crippen LogP contribution in [0.15, 0.2) is 59.0 Å². The largest absolute Gasteiger partial charge is 0.347 e. The molecule has 0 radical (unpaired) electrons. The third kappa shape index (κ3) is 6.00. The highest BCUT2D eigenvalue weighted by atomic mass is 79.9. The van der Waals surface area contributed by atoms with E-state index in [4.69, 9.17) is 0 Å². The monoisotopic (exact) mass is 489 g/mol. The smallest absolute Gasteiger partial charge is 0.251 e. The minimum Gasteiger partial charge on any atom is -0.347 e. The van der Waals surface area contributed by atoms with E-state index < -0.39 is 0 Å². The van der Waals surface area contributed by atoms with Gasteiger partial charge in [-0.1, -0.05) is 32.9 Å². The van der Waals surface area contributed by atoms with Gasteiger partial charge in [-0.15, -0.1) is 11.3 Å². The summed E-state index contributed by atoms with van der Waals surface area (Å²) in [6.45, 7) is 10.3. The molecule has 30 heavy (non-hydrogen) atoms. The van der Waals surface area contributed by atoms with Gasteiger partial charge in [0, 0.05) is 16.0 Å². The number of nitrogens with zero attached hydrogens (tertiary/aromatic N) is 2. The first-order chi connectivity index (χ1) is 14.4. The standard InChI is InChI=1S/C20H17BrFN3OS.C3H8/c1-3-16(20(26)23-11-15-9-10-19(21)27-15)17-12-24-25(18(17)4-2)14-7-5-13(22)6-8-14;1-3-2/h3-10,12H,2,11H2,1H3,(H,23,26);3H2,1-2H3/b16-3+;. The maximum atomic E-state index is 13.2. The highest BCUT2D eigenvalue weighted by Crippen LogP contribution is 2.25. The summed E-state index contributed by atoms with van der Waals surface area (Å²) in [4.78, 5) is 13.8. The van der Waals surface area contributed by atoms with Gasteiger partial charge >= 0.3 is 0 Å². The molecule has 1 N–H and O–H groups in total. The molecule has 2 aromatic heterocycles. The minimum absolute atomic E-state index is 0.191. The summed E-state index contributed by atoms with van der Waals surface area (Å²) in [6.07, 6.45) is 6.26. The van der Waals surface area contributed by atoms with E-state index in [1.807, 2.05) is 12.1 Å². The van der Waals surface area contributed by atoms with E-state index in [0.29, 0.717) is 29.1 Å². The van der Waals surface area contributed by atoms with Crippen LogP contribution in [0.5, 0.6) is 0 Å². The number of carbonyl (C=O) groups excluding carboxylic acids is 1. The van der Waals surface area contributed by atoms with Gasteiger partial charge in [-0.2, -0.15) is 5.10 Å². The number of hydrogen-bond donors (Lipinski definition) is 1. The molecule has 1 amide bonds. The number of halogens is 2. The molecule has 2 heterocycles. The molecule has 0 saturated heterocycles. The summed E-state index contributed by atoms with van der Waals surface area (Å²) >= 11 is 4.99. The lowest BCUT2D eigenvalue weighted by Crippen LogP contribution is -2.23. The van der Waals surface area contributed by atoms with Gasteiger partial charge in [0.2, 0.25) is 0 Å². The van der Waals surface area contributed by atoms with Crippen LogP contribution in [-0.2, 0) is 11.3 Å². The third-order valence-electron chi connectivity index (χ3n) is 3.95. The van der Waals surface area contributed by atoms with E-state index in [-0.39, 0.29) is 11.7 Å². The Morgan fingerprint density at radius 1 is 1.27 bits per heavy atom. The zero-order valence-electron chi connectivity index (χ0n) is 17.3. The molecular formula is C23H25BrFN3OS. The zero-order chi connectivity index (χ0) is 22.1. The zero-order valence-corrected chi connectivity index (χ0v) is 19.7. The molecule has 0 aliphatic rings. The average molecular weight is 490 g/mol. The molecule has 0 saturated carbocycles. The third-order valence-corrected chi connectivity index (χ3v) is 5.57. The second-order valence-corrected chi connectivity index (χ2v) is 8.88. The van der Waals surface area contributed by atoms with Crippen molar-refractivity contribution in [3.63, 3.8) is 0 Å². The Kier molecular flexibility index (Phi) is 9.20. The summed E-state index contributed by atoms with van der Waals surface area (Å²) in [7, 11) is 0. The van der Waals surface area contributed by atoms with Crippen LogP contribution in [0.3, 0.4) is 0 Å². The van der Waals surface area contributed by atoms with E-state index >= 15 is 0 Å². The molecule has 3 rings (SSSR count). The fraction of sp³-hybridized carbons (Fsp3) is 0.217. The van der Waals surface area contributed by atoms with Crippen LogP contribution < -0.4 is 5.32 Å². The molecule has 1 aromatic carbocycles. The topological polar surface area (TPSA) is 46.9 Å². The van der Waals surface area contributed by atoms with Crippen LogP contribution in [-0.4, -0.2) is 15.7 Å². The predicted molar refractivity (Wildman–Crippen MR) is 127 cm³/mol. The Bertz CT molecular complexity index is 1020. The van der Waals surface area contributed by atoms with Gasteiger partial charge < -0.3 is 5.32 Å². The molecule has 4 nitrogen and oxygen atoms in total. The van der Waals surface area contributed by atoms with Crippen LogP contribution in [0.25, 0.3) is 17.3 Å². The van der Waals surface area contributed by atoms with Crippen LogP contribution in [0.1, 0.15) is 43.3 Å². The maximum absolute atomic E-state index is 13.2. The van der Waals surface area contributed by atoms with Crippen molar-refractivity contribution in [2.24, 2.45) is 0 Å². The van der Waals surface area contributed by atoms with Gasteiger partial charge in [-0.3, -0.25) is 4.79 Å². The Morgan fingerprint density at radius 2 is 1.93 bits per heavy atom. The summed E-state index contributed by atoms with van der Waals surface area (Å²) < 4.78 is 15.8. The van der Waals surface area contributed by atoms with E-state index in [9.17, 15) is 9.18 Å². The van der Waals surface area contributed by atoms with Gasteiger partial charge in [-0.05, 0) is 65.3 Å². The Morgan fingerprint density at radius 3 is 2.47 bits per heavy atom. The predicted octanol–water partition coefficient (Wildman–Crippen LogP) is 6.61. The molecule has 158 valence electrons. The first kappa shape index (κ1) is 23.8. The Hall–Kier alpha value is -2.51.